The van der Waals surface area contributed by atoms with E-state index in [2.05, 4.69) is 43.7 Å². The van der Waals surface area contributed by atoms with Crippen LogP contribution in [0.5, 0.6) is 0 Å². The van der Waals surface area contributed by atoms with E-state index < -0.39 is 0 Å². The molecule has 0 aliphatic rings. The Bertz CT molecular complexity index is 802. The maximum Gasteiger partial charge on any atom is 0.191 e. The molecule has 118 valence electrons. The molecule has 3 aromatic rings. The van der Waals surface area contributed by atoms with Crippen LogP contribution in [0.4, 0.5) is 0 Å². The Hall–Kier alpha value is -1.30. The van der Waals surface area contributed by atoms with Crippen LogP contribution in [0.2, 0.25) is 5.02 Å². The Labute approximate surface area is 153 Å². The fraction of sp³-hybridized carbons (Fsp3) is 0.176. The zero-order chi connectivity index (χ0) is 16.2. The first-order valence-electron chi connectivity index (χ1n) is 7.23. The molecule has 0 fully saturated rings. The molecule has 0 amide bonds. The summed E-state index contributed by atoms with van der Waals surface area (Å²) in [6.45, 7) is 2.94. The molecule has 1 aromatic heterocycles. The van der Waals surface area contributed by atoms with Gasteiger partial charge in [-0.15, -0.1) is 10.2 Å². The average molecular weight is 409 g/mol. The highest BCUT2D eigenvalue weighted by Crippen LogP contribution is 2.27. The van der Waals surface area contributed by atoms with Crippen LogP contribution in [0.15, 0.2) is 58.2 Å². The van der Waals surface area contributed by atoms with Crippen LogP contribution in [0.1, 0.15) is 12.5 Å². The zero-order valence-corrected chi connectivity index (χ0v) is 15.7. The van der Waals surface area contributed by atoms with Crippen LogP contribution in [-0.4, -0.2) is 14.8 Å². The van der Waals surface area contributed by atoms with Crippen LogP contribution >= 0.6 is 39.3 Å². The molecular formula is C17H15BrClN3S. The molecule has 2 aromatic carbocycles. The quantitative estimate of drug-likeness (QED) is 0.509. The van der Waals surface area contributed by atoms with Gasteiger partial charge in [-0.25, -0.2) is 0 Å². The van der Waals surface area contributed by atoms with E-state index in [-0.39, 0.29) is 0 Å². The maximum absolute atomic E-state index is 6.04. The van der Waals surface area contributed by atoms with E-state index in [1.54, 1.807) is 11.8 Å². The number of rotatable bonds is 5. The van der Waals surface area contributed by atoms with Gasteiger partial charge in [0.05, 0.1) is 0 Å². The Morgan fingerprint density at radius 1 is 1.13 bits per heavy atom. The topological polar surface area (TPSA) is 30.7 Å². The number of thioether (sulfide) groups is 1. The Balaban J connectivity index is 1.82. The summed E-state index contributed by atoms with van der Waals surface area (Å²) in [6.07, 6.45) is 0. The van der Waals surface area contributed by atoms with E-state index in [1.165, 1.54) is 5.56 Å². The molecule has 3 nitrogen and oxygen atoms in total. The van der Waals surface area contributed by atoms with Crippen molar-refractivity contribution in [2.75, 3.05) is 0 Å². The van der Waals surface area contributed by atoms with E-state index in [0.717, 1.165) is 38.3 Å². The lowest BCUT2D eigenvalue weighted by Gasteiger charge is -2.07. The van der Waals surface area contributed by atoms with Crippen molar-refractivity contribution in [2.45, 2.75) is 24.4 Å². The summed E-state index contributed by atoms with van der Waals surface area (Å²) in [4.78, 5) is 0. The predicted molar refractivity (Wildman–Crippen MR) is 99.8 cm³/mol. The molecular weight excluding hydrogens is 394 g/mol. The molecule has 0 saturated carbocycles. The molecule has 0 saturated heterocycles. The Morgan fingerprint density at radius 2 is 1.91 bits per heavy atom. The van der Waals surface area contributed by atoms with Crippen molar-refractivity contribution in [1.29, 1.82) is 0 Å². The van der Waals surface area contributed by atoms with Gasteiger partial charge in [0.25, 0.3) is 0 Å². The fourth-order valence-electron chi connectivity index (χ4n) is 2.27. The predicted octanol–water partition coefficient (Wildman–Crippen LogP) is 5.67. The summed E-state index contributed by atoms with van der Waals surface area (Å²) in [5, 5.41) is 10.4. The summed E-state index contributed by atoms with van der Waals surface area (Å²) < 4.78 is 3.19. The molecule has 0 atom stereocenters. The second-order valence-corrected chi connectivity index (χ2v) is 7.27. The molecule has 0 bridgehead atoms. The van der Waals surface area contributed by atoms with Gasteiger partial charge in [-0.1, -0.05) is 63.6 Å². The van der Waals surface area contributed by atoms with Gasteiger partial charge in [-0.3, -0.25) is 0 Å². The fourth-order valence-corrected chi connectivity index (χ4v) is 3.69. The molecule has 0 unspecified atom stereocenters. The van der Waals surface area contributed by atoms with Crippen LogP contribution in [0, 0.1) is 0 Å². The van der Waals surface area contributed by atoms with Crippen LogP contribution in [0.25, 0.3) is 11.4 Å². The summed E-state index contributed by atoms with van der Waals surface area (Å²) in [5.74, 6) is 1.72. The molecule has 0 aliphatic carbocycles. The third-order valence-corrected chi connectivity index (χ3v) is 5.19. The minimum atomic E-state index is 0.760. The van der Waals surface area contributed by atoms with E-state index in [1.807, 2.05) is 42.5 Å². The summed E-state index contributed by atoms with van der Waals surface area (Å²) in [6, 6.07) is 16.0. The van der Waals surface area contributed by atoms with Gasteiger partial charge >= 0.3 is 0 Å². The first-order valence-corrected chi connectivity index (χ1v) is 9.39. The van der Waals surface area contributed by atoms with Crippen molar-refractivity contribution in [3.05, 3.63) is 63.6 Å². The van der Waals surface area contributed by atoms with E-state index >= 15 is 0 Å². The van der Waals surface area contributed by atoms with Crippen LogP contribution < -0.4 is 0 Å². The number of aromatic nitrogens is 3. The Morgan fingerprint density at radius 3 is 2.61 bits per heavy atom. The molecule has 0 radical (unpaired) electrons. The van der Waals surface area contributed by atoms with Crippen molar-refractivity contribution in [1.82, 2.24) is 14.8 Å². The number of hydrogen-bond donors (Lipinski definition) is 0. The minimum absolute atomic E-state index is 0.760. The first-order chi connectivity index (χ1) is 11.2. The molecule has 3 rings (SSSR count). The molecule has 1 heterocycles. The second-order valence-electron chi connectivity index (χ2n) is 4.98. The van der Waals surface area contributed by atoms with E-state index in [0.29, 0.717) is 0 Å². The van der Waals surface area contributed by atoms with Gasteiger partial charge in [0.15, 0.2) is 11.0 Å². The second kappa shape index (κ2) is 7.51. The van der Waals surface area contributed by atoms with E-state index in [4.69, 9.17) is 11.6 Å². The number of nitrogens with zero attached hydrogens (tertiary/aromatic N) is 3. The highest BCUT2D eigenvalue weighted by atomic mass is 79.9. The molecule has 6 heteroatoms. The average Bonchev–Trinajstić information content (AvgIpc) is 2.96. The minimum Gasteiger partial charge on any atom is -0.302 e. The van der Waals surface area contributed by atoms with Gasteiger partial charge in [0.1, 0.15) is 0 Å². The lowest BCUT2D eigenvalue weighted by molar-refractivity contribution is 0.687. The van der Waals surface area contributed by atoms with E-state index in [9.17, 15) is 0 Å². The highest BCUT2D eigenvalue weighted by Gasteiger charge is 2.13. The zero-order valence-electron chi connectivity index (χ0n) is 12.5. The van der Waals surface area contributed by atoms with Gasteiger partial charge < -0.3 is 4.57 Å². The van der Waals surface area contributed by atoms with Crippen LogP contribution in [0.3, 0.4) is 0 Å². The van der Waals surface area contributed by atoms with Crippen molar-refractivity contribution >= 4 is 39.3 Å². The van der Waals surface area contributed by atoms with Crippen molar-refractivity contribution in [2.24, 2.45) is 0 Å². The lowest BCUT2D eigenvalue weighted by atomic mass is 10.2. The Kier molecular flexibility index (Phi) is 5.41. The number of halogens is 2. The van der Waals surface area contributed by atoms with Gasteiger partial charge in [-0.2, -0.15) is 0 Å². The summed E-state index contributed by atoms with van der Waals surface area (Å²) >= 11 is 11.2. The van der Waals surface area contributed by atoms with Crippen LogP contribution in [-0.2, 0) is 12.3 Å². The van der Waals surface area contributed by atoms with Gasteiger partial charge in [-0.05, 0) is 36.8 Å². The largest absolute Gasteiger partial charge is 0.302 e. The lowest BCUT2D eigenvalue weighted by Crippen LogP contribution is -1.99. The maximum atomic E-state index is 6.04. The number of benzene rings is 2. The molecule has 0 N–H and O–H groups in total. The third kappa shape index (κ3) is 3.97. The number of hydrogen-bond acceptors (Lipinski definition) is 3. The molecule has 0 spiro atoms. The normalized spacial score (nSPS) is 10.9. The molecule has 23 heavy (non-hydrogen) atoms. The summed E-state index contributed by atoms with van der Waals surface area (Å²) in [5.41, 5.74) is 2.25. The molecule has 0 aliphatic heterocycles. The van der Waals surface area contributed by atoms with Crippen molar-refractivity contribution in [3.63, 3.8) is 0 Å². The summed E-state index contributed by atoms with van der Waals surface area (Å²) in [7, 11) is 0. The standard InChI is InChI=1S/C17H15BrClN3S/c1-2-22-16(13-6-8-14(18)9-7-13)20-21-17(22)23-11-12-4-3-5-15(19)10-12/h3-10H,2,11H2,1H3. The monoisotopic (exact) mass is 407 g/mol. The SMILES string of the molecule is CCn1c(SCc2cccc(Cl)c2)nnc1-c1ccc(Br)cc1. The smallest absolute Gasteiger partial charge is 0.191 e. The highest BCUT2D eigenvalue weighted by molar-refractivity contribution is 9.10. The van der Waals surface area contributed by atoms with Crippen molar-refractivity contribution < 1.29 is 0 Å². The third-order valence-electron chi connectivity index (χ3n) is 3.39. The van der Waals surface area contributed by atoms with Gasteiger partial charge in [0.2, 0.25) is 0 Å². The first kappa shape index (κ1) is 16.6. The van der Waals surface area contributed by atoms with Gasteiger partial charge in [0, 0.05) is 27.4 Å². The van der Waals surface area contributed by atoms with Crippen molar-refractivity contribution in [3.8, 4) is 11.4 Å².